The van der Waals surface area contributed by atoms with Crippen molar-refractivity contribution in [1.29, 1.82) is 0 Å². The third kappa shape index (κ3) is 1.66. The van der Waals surface area contributed by atoms with Gasteiger partial charge in [-0.25, -0.2) is 0 Å². The molecule has 0 aliphatic carbocycles. The standard InChI is InChI=1S/C13H18N2O/c1-13(2,3)11-7-10(16-5)6-9-8-14-15(4)12(9)11/h6-8H,1-5H3. The maximum absolute atomic E-state index is 5.33. The van der Waals surface area contributed by atoms with E-state index in [0.717, 1.165) is 11.1 Å². The Hall–Kier alpha value is -1.51. The van der Waals surface area contributed by atoms with E-state index in [1.807, 2.05) is 24.0 Å². The molecule has 86 valence electrons. The monoisotopic (exact) mass is 218 g/mol. The molecule has 0 spiro atoms. The van der Waals surface area contributed by atoms with Gasteiger partial charge in [0, 0.05) is 12.4 Å². The first kappa shape index (κ1) is 11.0. The Morgan fingerprint density at radius 1 is 1.25 bits per heavy atom. The number of aryl methyl sites for hydroxylation is 1. The Kier molecular flexibility index (Phi) is 2.41. The molecular weight excluding hydrogens is 200 g/mol. The van der Waals surface area contributed by atoms with E-state index in [-0.39, 0.29) is 5.41 Å². The Bertz CT molecular complexity index is 520. The fraction of sp³-hybridized carbons (Fsp3) is 0.462. The summed E-state index contributed by atoms with van der Waals surface area (Å²) in [6.07, 6.45) is 1.88. The minimum atomic E-state index is 0.0839. The lowest BCUT2D eigenvalue weighted by molar-refractivity contribution is 0.413. The Morgan fingerprint density at radius 3 is 2.50 bits per heavy atom. The van der Waals surface area contributed by atoms with Crippen LogP contribution in [0.15, 0.2) is 18.3 Å². The highest BCUT2D eigenvalue weighted by Crippen LogP contribution is 2.33. The fourth-order valence-corrected chi connectivity index (χ4v) is 1.99. The quantitative estimate of drug-likeness (QED) is 0.736. The summed E-state index contributed by atoms with van der Waals surface area (Å²) in [4.78, 5) is 0. The van der Waals surface area contributed by atoms with E-state index in [1.165, 1.54) is 11.1 Å². The van der Waals surface area contributed by atoms with E-state index >= 15 is 0 Å². The molecule has 0 bridgehead atoms. The molecule has 0 unspecified atom stereocenters. The largest absolute Gasteiger partial charge is 0.497 e. The third-order valence-electron chi connectivity index (χ3n) is 2.85. The normalized spacial score (nSPS) is 12.1. The van der Waals surface area contributed by atoms with Gasteiger partial charge in [-0.1, -0.05) is 20.8 Å². The fourth-order valence-electron chi connectivity index (χ4n) is 1.99. The topological polar surface area (TPSA) is 27.1 Å². The first-order chi connectivity index (χ1) is 7.43. The van der Waals surface area contributed by atoms with Crippen LogP contribution in [0.5, 0.6) is 5.75 Å². The highest BCUT2D eigenvalue weighted by Gasteiger charge is 2.20. The molecule has 0 saturated carbocycles. The zero-order valence-corrected chi connectivity index (χ0v) is 10.5. The molecule has 1 aromatic carbocycles. The first-order valence-corrected chi connectivity index (χ1v) is 5.43. The molecule has 0 radical (unpaired) electrons. The van der Waals surface area contributed by atoms with E-state index in [0.29, 0.717) is 0 Å². The number of fused-ring (bicyclic) bond motifs is 1. The minimum Gasteiger partial charge on any atom is -0.497 e. The smallest absolute Gasteiger partial charge is 0.119 e. The zero-order valence-electron chi connectivity index (χ0n) is 10.5. The van der Waals surface area contributed by atoms with Gasteiger partial charge in [-0.15, -0.1) is 0 Å². The van der Waals surface area contributed by atoms with Gasteiger partial charge >= 0.3 is 0 Å². The van der Waals surface area contributed by atoms with Crippen molar-refractivity contribution >= 4 is 10.9 Å². The second kappa shape index (κ2) is 3.51. The second-order valence-corrected chi connectivity index (χ2v) is 5.13. The van der Waals surface area contributed by atoms with Crippen LogP contribution in [0.3, 0.4) is 0 Å². The van der Waals surface area contributed by atoms with Gasteiger partial charge in [0.25, 0.3) is 0 Å². The van der Waals surface area contributed by atoms with Crippen LogP contribution in [-0.4, -0.2) is 16.9 Å². The lowest BCUT2D eigenvalue weighted by atomic mass is 9.85. The summed E-state index contributed by atoms with van der Waals surface area (Å²) in [6.45, 7) is 6.61. The number of hydrogen-bond acceptors (Lipinski definition) is 2. The van der Waals surface area contributed by atoms with Crippen LogP contribution in [0.4, 0.5) is 0 Å². The average Bonchev–Trinajstić information content (AvgIpc) is 2.58. The molecule has 2 aromatic rings. The van der Waals surface area contributed by atoms with Crippen molar-refractivity contribution in [2.45, 2.75) is 26.2 Å². The molecule has 0 aliphatic heterocycles. The zero-order chi connectivity index (χ0) is 11.9. The molecular formula is C13H18N2O. The summed E-state index contributed by atoms with van der Waals surface area (Å²) in [5.74, 6) is 0.894. The molecule has 0 fully saturated rings. The van der Waals surface area contributed by atoms with Crippen molar-refractivity contribution in [2.75, 3.05) is 7.11 Å². The van der Waals surface area contributed by atoms with Gasteiger partial charge in [-0.05, 0) is 23.1 Å². The molecule has 0 saturated heterocycles. The van der Waals surface area contributed by atoms with E-state index in [1.54, 1.807) is 7.11 Å². The van der Waals surface area contributed by atoms with E-state index in [9.17, 15) is 0 Å². The lowest BCUT2D eigenvalue weighted by Crippen LogP contribution is -2.13. The Morgan fingerprint density at radius 2 is 1.94 bits per heavy atom. The lowest BCUT2D eigenvalue weighted by Gasteiger charge is -2.21. The van der Waals surface area contributed by atoms with Gasteiger partial charge in [-0.2, -0.15) is 5.10 Å². The van der Waals surface area contributed by atoms with Gasteiger partial charge in [0.05, 0.1) is 18.8 Å². The van der Waals surface area contributed by atoms with Crippen LogP contribution >= 0.6 is 0 Å². The van der Waals surface area contributed by atoms with Crippen molar-refractivity contribution in [3.05, 3.63) is 23.9 Å². The van der Waals surface area contributed by atoms with E-state index in [2.05, 4.69) is 31.9 Å². The summed E-state index contributed by atoms with van der Waals surface area (Å²) in [5.41, 5.74) is 2.54. The second-order valence-electron chi connectivity index (χ2n) is 5.13. The maximum atomic E-state index is 5.33. The van der Waals surface area contributed by atoms with Crippen LogP contribution in [0.25, 0.3) is 10.9 Å². The number of aromatic nitrogens is 2. The molecule has 0 atom stereocenters. The first-order valence-electron chi connectivity index (χ1n) is 5.43. The van der Waals surface area contributed by atoms with Gasteiger partial charge in [0.1, 0.15) is 5.75 Å². The molecule has 3 heteroatoms. The Balaban J connectivity index is 2.82. The number of benzene rings is 1. The predicted molar refractivity (Wildman–Crippen MR) is 66.0 cm³/mol. The molecule has 3 nitrogen and oxygen atoms in total. The molecule has 0 amide bonds. The molecule has 0 aliphatic rings. The molecule has 0 N–H and O–H groups in total. The maximum Gasteiger partial charge on any atom is 0.119 e. The van der Waals surface area contributed by atoms with Crippen molar-refractivity contribution in [1.82, 2.24) is 9.78 Å². The number of methoxy groups -OCH3 is 1. The van der Waals surface area contributed by atoms with Crippen LogP contribution in [0.1, 0.15) is 26.3 Å². The summed E-state index contributed by atoms with van der Waals surface area (Å²) < 4.78 is 7.26. The number of ether oxygens (including phenoxy) is 1. The van der Waals surface area contributed by atoms with Gasteiger partial charge < -0.3 is 4.74 Å². The van der Waals surface area contributed by atoms with Crippen LogP contribution in [0.2, 0.25) is 0 Å². The molecule has 16 heavy (non-hydrogen) atoms. The van der Waals surface area contributed by atoms with Crippen LogP contribution in [0, 0.1) is 0 Å². The van der Waals surface area contributed by atoms with Gasteiger partial charge in [0.15, 0.2) is 0 Å². The average molecular weight is 218 g/mol. The summed E-state index contributed by atoms with van der Waals surface area (Å²) >= 11 is 0. The van der Waals surface area contributed by atoms with Crippen molar-refractivity contribution in [3.8, 4) is 5.75 Å². The number of rotatable bonds is 1. The van der Waals surface area contributed by atoms with Crippen LogP contribution < -0.4 is 4.74 Å². The molecule has 1 heterocycles. The highest BCUT2D eigenvalue weighted by atomic mass is 16.5. The van der Waals surface area contributed by atoms with Gasteiger partial charge in [-0.3, -0.25) is 4.68 Å². The summed E-state index contributed by atoms with van der Waals surface area (Å²) in [6, 6.07) is 4.13. The van der Waals surface area contributed by atoms with Crippen molar-refractivity contribution in [2.24, 2.45) is 7.05 Å². The molecule has 2 rings (SSSR count). The number of hydrogen-bond donors (Lipinski definition) is 0. The summed E-state index contributed by atoms with van der Waals surface area (Å²) in [5, 5.41) is 5.44. The predicted octanol–water partition coefficient (Wildman–Crippen LogP) is 2.88. The van der Waals surface area contributed by atoms with Crippen molar-refractivity contribution < 1.29 is 4.74 Å². The van der Waals surface area contributed by atoms with Crippen LogP contribution in [-0.2, 0) is 12.5 Å². The minimum absolute atomic E-state index is 0.0839. The molecule has 1 aromatic heterocycles. The van der Waals surface area contributed by atoms with E-state index < -0.39 is 0 Å². The Labute approximate surface area is 96.0 Å². The third-order valence-corrected chi connectivity index (χ3v) is 2.85. The SMILES string of the molecule is COc1cc(C(C)(C)C)c2c(cnn2C)c1. The summed E-state index contributed by atoms with van der Waals surface area (Å²) in [7, 11) is 3.67. The van der Waals surface area contributed by atoms with E-state index in [4.69, 9.17) is 4.74 Å². The highest BCUT2D eigenvalue weighted by molar-refractivity contribution is 5.84. The van der Waals surface area contributed by atoms with Crippen molar-refractivity contribution in [3.63, 3.8) is 0 Å². The van der Waals surface area contributed by atoms with Gasteiger partial charge in [0.2, 0.25) is 0 Å². The number of nitrogens with zero attached hydrogens (tertiary/aromatic N) is 2.